The molecule has 2 nitrogen and oxygen atoms in total. The standard InChI is InChI=1S/C16H34N2/c1-10-18-15(6,7)11-13(2,3)17-14(4,5)12-16(18,8)9/h17H,10-12H2,1-9H3. The van der Waals surface area contributed by atoms with Crippen LogP contribution in [0.15, 0.2) is 0 Å². The normalized spacial score (nSPS) is 30.5. The van der Waals surface area contributed by atoms with Gasteiger partial charge < -0.3 is 5.32 Å². The number of hydrogen-bond donors (Lipinski definition) is 1. The van der Waals surface area contributed by atoms with Crippen LogP contribution in [-0.4, -0.2) is 33.6 Å². The summed E-state index contributed by atoms with van der Waals surface area (Å²) in [5.41, 5.74) is 0.810. The van der Waals surface area contributed by atoms with E-state index in [9.17, 15) is 0 Å². The molecule has 0 aromatic carbocycles. The third-order valence-electron chi connectivity index (χ3n) is 4.20. The summed E-state index contributed by atoms with van der Waals surface area (Å²) in [5, 5.41) is 3.86. The van der Waals surface area contributed by atoms with Gasteiger partial charge in [-0.3, -0.25) is 4.90 Å². The Morgan fingerprint density at radius 1 is 0.778 bits per heavy atom. The van der Waals surface area contributed by atoms with Gasteiger partial charge in [0.2, 0.25) is 0 Å². The third kappa shape index (κ3) is 3.48. The first-order chi connectivity index (χ1) is 7.81. The van der Waals surface area contributed by atoms with Crippen molar-refractivity contribution >= 4 is 0 Å². The first-order valence-corrected chi connectivity index (χ1v) is 7.38. The van der Waals surface area contributed by atoms with E-state index < -0.39 is 0 Å². The van der Waals surface area contributed by atoms with Gasteiger partial charge in [0.15, 0.2) is 0 Å². The van der Waals surface area contributed by atoms with Crippen molar-refractivity contribution in [2.24, 2.45) is 0 Å². The minimum atomic E-state index is 0.178. The van der Waals surface area contributed by atoms with Crippen LogP contribution in [0.25, 0.3) is 0 Å². The van der Waals surface area contributed by atoms with Gasteiger partial charge in [-0.25, -0.2) is 0 Å². The molecule has 0 saturated carbocycles. The highest BCUT2D eigenvalue weighted by Gasteiger charge is 2.46. The van der Waals surface area contributed by atoms with E-state index in [1.807, 2.05) is 0 Å². The first-order valence-electron chi connectivity index (χ1n) is 7.38. The van der Waals surface area contributed by atoms with Gasteiger partial charge in [-0.05, 0) is 74.8 Å². The lowest BCUT2D eigenvalue weighted by Crippen LogP contribution is -2.67. The highest BCUT2D eigenvalue weighted by Crippen LogP contribution is 2.39. The van der Waals surface area contributed by atoms with Crippen molar-refractivity contribution in [3.8, 4) is 0 Å². The van der Waals surface area contributed by atoms with Crippen molar-refractivity contribution in [1.29, 1.82) is 0 Å². The fourth-order valence-corrected chi connectivity index (χ4v) is 5.03. The molecule has 0 amide bonds. The molecule has 1 aliphatic heterocycles. The van der Waals surface area contributed by atoms with Crippen LogP contribution in [0.2, 0.25) is 0 Å². The fourth-order valence-electron chi connectivity index (χ4n) is 5.03. The summed E-state index contributed by atoms with van der Waals surface area (Å²) in [4.78, 5) is 2.68. The minimum absolute atomic E-state index is 0.178. The molecule has 0 unspecified atom stereocenters. The molecule has 0 bridgehead atoms. The second-order valence-electron chi connectivity index (χ2n) is 8.62. The monoisotopic (exact) mass is 254 g/mol. The van der Waals surface area contributed by atoms with Gasteiger partial charge in [0.05, 0.1) is 0 Å². The zero-order chi connectivity index (χ0) is 14.4. The van der Waals surface area contributed by atoms with Crippen LogP contribution in [0, 0.1) is 0 Å². The molecule has 1 fully saturated rings. The smallest absolute Gasteiger partial charge is 0.0175 e. The van der Waals surface area contributed by atoms with Gasteiger partial charge >= 0.3 is 0 Å². The van der Waals surface area contributed by atoms with Gasteiger partial charge in [-0.1, -0.05) is 6.92 Å². The van der Waals surface area contributed by atoms with Crippen LogP contribution in [-0.2, 0) is 0 Å². The average Bonchev–Trinajstić information content (AvgIpc) is 1.92. The molecular formula is C16H34N2. The molecule has 0 radical (unpaired) electrons. The molecule has 0 aromatic heterocycles. The fraction of sp³-hybridized carbons (Fsp3) is 1.00. The molecule has 0 spiro atoms. The largest absolute Gasteiger partial charge is 0.307 e. The molecule has 2 heteroatoms. The second-order valence-corrected chi connectivity index (χ2v) is 8.62. The number of nitrogens with zero attached hydrogens (tertiary/aromatic N) is 1. The van der Waals surface area contributed by atoms with E-state index in [1.165, 1.54) is 12.8 Å². The van der Waals surface area contributed by atoms with E-state index in [2.05, 4.69) is 72.5 Å². The Labute approximate surface area is 115 Å². The Bertz CT molecular complexity index is 272. The predicted molar refractivity (Wildman–Crippen MR) is 81.1 cm³/mol. The number of hydrogen-bond acceptors (Lipinski definition) is 2. The zero-order valence-corrected chi connectivity index (χ0v) is 14.1. The summed E-state index contributed by atoms with van der Waals surface area (Å²) in [6.45, 7) is 22.3. The lowest BCUT2D eigenvalue weighted by molar-refractivity contribution is -0.0383. The van der Waals surface area contributed by atoms with E-state index >= 15 is 0 Å². The Balaban J connectivity index is 3.18. The molecule has 1 saturated heterocycles. The second kappa shape index (κ2) is 4.49. The predicted octanol–water partition coefficient (Wildman–Crippen LogP) is 3.81. The van der Waals surface area contributed by atoms with Crippen molar-refractivity contribution in [3.63, 3.8) is 0 Å². The van der Waals surface area contributed by atoms with Gasteiger partial charge in [-0.2, -0.15) is 0 Å². The molecule has 1 aliphatic rings. The number of nitrogens with one attached hydrogen (secondary N) is 1. The van der Waals surface area contributed by atoms with Crippen LogP contribution in [0.1, 0.15) is 75.2 Å². The highest BCUT2D eigenvalue weighted by molar-refractivity contribution is 5.05. The van der Waals surface area contributed by atoms with Crippen LogP contribution in [0.5, 0.6) is 0 Å². The van der Waals surface area contributed by atoms with Crippen LogP contribution < -0.4 is 5.32 Å². The van der Waals surface area contributed by atoms with E-state index in [-0.39, 0.29) is 22.2 Å². The van der Waals surface area contributed by atoms with Gasteiger partial charge in [0.25, 0.3) is 0 Å². The van der Waals surface area contributed by atoms with E-state index in [0.717, 1.165) is 6.54 Å². The molecule has 0 aliphatic carbocycles. The molecule has 0 aromatic rings. The SMILES string of the molecule is CCN1C(C)(C)CC(C)(C)NC(C)(C)CC1(C)C. The molecule has 1 N–H and O–H groups in total. The van der Waals surface area contributed by atoms with E-state index in [0.29, 0.717) is 0 Å². The van der Waals surface area contributed by atoms with Gasteiger partial charge in [0.1, 0.15) is 0 Å². The van der Waals surface area contributed by atoms with Crippen LogP contribution in [0.3, 0.4) is 0 Å². The summed E-state index contributed by atoms with van der Waals surface area (Å²) in [6.07, 6.45) is 2.33. The highest BCUT2D eigenvalue weighted by atomic mass is 15.3. The molecule has 18 heavy (non-hydrogen) atoms. The van der Waals surface area contributed by atoms with Crippen molar-refractivity contribution in [3.05, 3.63) is 0 Å². The summed E-state index contributed by atoms with van der Waals surface area (Å²) in [6, 6.07) is 0. The number of rotatable bonds is 1. The van der Waals surface area contributed by atoms with Crippen LogP contribution >= 0.6 is 0 Å². The molecule has 108 valence electrons. The van der Waals surface area contributed by atoms with Crippen molar-refractivity contribution in [2.75, 3.05) is 6.54 Å². The van der Waals surface area contributed by atoms with E-state index in [4.69, 9.17) is 0 Å². The van der Waals surface area contributed by atoms with Gasteiger partial charge in [0, 0.05) is 22.2 Å². The van der Waals surface area contributed by atoms with E-state index in [1.54, 1.807) is 0 Å². The van der Waals surface area contributed by atoms with Crippen molar-refractivity contribution < 1.29 is 0 Å². The van der Waals surface area contributed by atoms with Crippen LogP contribution in [0.4, 0.5) is 0 Å². The maximum absolute atomic E-state index is 3.86. The Kier molecular flexibility index (Phi) is 3.98. The maximum Gasteiger partial charge on any atom is 0.0175 e. The zero-order valence-electron chi connectivity index (χ0n) is 14.1. The molecular weight excluding hydrogens is 220 g/mol. The quantitative estimate of drug-likeness (QED) is 0.765. The summed E-state index contributed by atoms with van der Waals surface area (Å²) >= 11 is 0. The minimum Gasteiger partial charge on any atom is -0.307 e. The topological polar surface area (TPSA) is 15.3 Å². The first kappa shape index (κ1) is 16.0. The summed E-state index contributed by atoms with van der Waals surface area (Å²) in [5.74, 6) is 0. The summed E-state index contributed by atoms with van der Waals surface area (Å²) < 4.78 is 0. The lowest BCUT2D eigenvalue weighted by Gasteiger charge is -2.57. The van der Waals surface area contributed by atoms with Crippen molar-refractivity contribution in [1.82, 2.24) is 10.2 Å². The van der Waals surface area contributed by atoms with Crippen molar-refractivity contribution in [2.45, 2.75) is 97.3 Å². The molecule has 1 rings (SSSR count). The lowest BCUT2D eigenvalue weighted by atomic mass is 9.74. The Hall–Kier alpha value is -0.0800. The van der Waals surface area contributed by atoms with Gasteiger partial charge in [-0.15, -0.1) is 0 Å². The average molecular weight is 254 g/mol. The Morgan fingerprint density at radius 2 is 1.11 bits per heavy atom. The maximum atomic E-state index is 3.86. The molecule has 1 heterocycles. The third-order valence-corrected chi connectivity index (χ3v) is 4.20. The molecule has 0 atom stereocenters. The Morgan fingerprint density at radius 3 is 1.39 bits per heavy atom. The summed E-state index contributed by atoms with van der Waals surface area (Å²) in [7, 11) is 0.